The lowest BCUT2D eigenvalue weighted by Gasteiger charge is -2.04. The third kappa shape index (κ3) is 4.93. The van der Waals surface area contributed by atoms with Crippen molar-refractivity contribution in [1.29, 1.82) is 0 Å². The number of aromatic nitrogens is 2. The molecule has 0 bridgehead atoms. The fraction of sp³-hybridized carbons (Fsp3) is 0.636. The molecule has 5 nitrogen and oxygen atoms in total. The lowest BCUT2D eigenvalue weighted by Crippen LogP contribution is -2.17. The van der Waals surface area contributed by atoms with Gasteiger partial charge < -0.3 is 15.0 Å². The van der Waals surface area contributed by atoms with Crippen molar-refractivity contribution >= 4 is 5.97 Å². The predicted octanol–water partition coefficient (Wildman–Crippen LogP) is 1.15. The Bertz CT molecular complexity index is 323. The van der Waals surface area contributed by atoms with Crippen LogP contribution in [0.25, 0.3) is 0 Å². The molecule has 1 aromatic heterocycles. The molecule has 0 radical (unpaired) electrons. The first-order valence-corrected chi connectivity index (χ1v) is 5.59. The molecule has 0 saturated carbocycles. The number of rotatable bonds is 8. The first-order valence-electron chi connectivity index (χ1n) is 5.59. The molecule has 1 aromatic rings. The van der Waals surface area contributed by atoms with Crippen LogP contribution in [0.4, 0.5) is 0 Å². The van der Waals surface area contributed by atoms with E-state index in [0.29, 0.717) is 0 Å². The molecule has 0 saturated heterocycles. The number of unbranched alkanes of at least 4 members (excludes halogenated alkanes) is 2. The molecule has 1 rings (SSSR count). The molecule has 0 amide bonds. The highest BCUT2D eigenvalue weighted by Gasteiger charge is 1.98. The summed E-state index contributed by atoms with van der Waals surface area (Å²) >= 11 is 0. The van der Waals surface area contributed by atoms with Gasteiger partial charge in [-0.15, -0.1) is 0 Å². The lowest BCUT2D eigenvalue weighted by molar-refractivity contribution is -0.137. The maximum absolute atomic E-state index is 10.3. The maximum atomic E-state index is 10.3. The van der Waals surface area contributed by atoms with E-state index in [0.717, 1.165) is 38.2 Å². The Kier molecular flexibility index (Phi) is 5.56. The fourth-order valence-electron chi connectivity index (χ4n) is 1.47. The zero-order valence-corrected chi connectivity index (χ0v) is 9.65. The number of carboxylic acids is 1. The van der Waals surface area contributed by atoms with Crippen LogP contribution in [-0.4, -0.2) is 27.2 Å². The van der Waals surface area contributed by atoms with Crippen LogP contribution in [0.2, 0.25) is 0 Å². The number of hydrogen-bond acceptors (Lipinski definition) is 3. The van der Waals surface area contributed by atoms with Gasteiger partial charge in [-0.2, -0.15) is 0 Å². The van der Waals surface area contributed by atoms with Crippen molar-refractivity contribution in [2.45, 2.75) is 32.2 Å². The average molecular weight is 225 g/mol. The first-order chi connectivity index (χ1) is 7.70. The summed E-state index contributed by atoms with van der Waals surface area (Å²) in [7, 11) is 1.97. The van der Waals surface area contributed by atoms with E-state index in [-0.39, 0.29) is 6.42 Å². The van der Waals surface area contributed by atoms with Crippen molar-refractivity contribution < 1.29 is 9.90 Å². The van der Waals surface area contributed by atoms with Gasteiger partial charge in [-0.1, -0.05) is 6.42 Å². The molecule has 5 heteroatoms. The summed E-state index contributed by atoms with van der Waals surface area (Å²) in [6.07, 6.45) is 6.71. The number of imidazole rings is 1. The summed E-state index contributed by atoms with van der Waals surface area (Å²) in [4.78, 5) is 14.5. The summed E-state index contributed by atoms with van der Waals surface area (Å²) in [6, 6.07) is 0. The van der Waals surface area contributed by atoms with Crippen LogP contribution < -0.4 is 5.32 Å². The smallest absolute Gasteiger partial charge is 0.303 e. The van der Waals surface area contributed by atoms with Crippen LogP contribution in [0.1, 0.15) is 31.5 Å². The SMILES string of the molecule is Cn1ccnc1CNCCCCCC(=O)O. The topological polar surface area (TPSA) is 67.2 Å². The van der Waals surface area contributed by atoms with Gasteiger partial charge in [0.25, 0.3) is 0 Å². The van der Waals surface area contributed by atoms with E-state index in [1.807, 2.05) is 17.8 Å². The van der Waals surface area contributed by atoms with Crippen molar-refractivity contribution in [1.82, 2.24) is 14.9 Å². The molecule has 0 atom stereocenters. The zero-order chi connectivity index (χ0) is 11.8. The zero-order valence-electron chi connectivity index (χ0n) is 9.65. The summed E-state index contributed by atoms with van der Waals surface area (Å²) in [5.41, 5.74) is 0. The van der Waals surface area contributed by atoms with Gasteiger partial charge in [-0.25, -0.2) is 4.98 Å². The van der Waals surface area contributed by atoms with Crippen LogP contribution >= 0.6 is 0 Å². The van der Waals surface area contributed by atoms with Gasteiger partial charge >= 0.3 is 5.97 Å². The van der Waals surface area contributed by atoms with Gasteiger partial charge in [-0.05, 0) is 19.4 Å². The Morgan fingerprint density at radius 3 is 2.94 bits per heavy atom. The largest absolute Gasteiger partial charge is 0.481 e. The molecule has 0 aromatic carbocycles. The first kappa shape index (κ1) is 12.7. The molecular weight excluding hydrogens is 206 g/mol. The Balaban J connectivity index is 1.96. The monoisotopic (exact) mass is 225 g/mol. The molecule has 0 unspecified atom stereocenters. The second-order valence-electron chi connectivity index (χ2n) is 3.84. The van der Waals surface area contributed by atoms with Crippen molar-refractivity contribution in [3.8, 4) is 0 Å². The van der Waals surface area contributed by atoms with Crippen molar-refractivity contribution in [2.75, 3.05) is 6.54 Å². The lowest BCUT2D eigenvalue weighted by atomic mass is 10.2. The molecule has 1 heterocycles. The maximum Gasteiger partial charge on any atom is 0.303 e. The number of aryl methyl sites for hydroxylation is 1. The van der Waals surface area contributed by atoms with Crippen LogP contribution in [0.3, 0.4) is 0 Å². The third-order valence-corrected chi connectivity index (χ3v) is 2.45. The van der Waals surface area contributed by atoms with Gasteiger partial charge in [0, 0.05) is 25.9 Å². The molecule has 0 aliphatic rings. The van der Waals surface area contributed by atoms with Crippen LogP contribution in [0, 0.1) is 0 Å². The quantitative estimate of drug-likeness (QED) is 0.651. The van der Waals surface area contributed by atoms with E-state index in [1.54, 1.807) is 6.20 Å². The van der Waals surface area contributed by atoms with Crippen LogP contribution in [-0.2, 0) is 18.4 Å². The van der Waals surface area contributed by atoms with E-state index < -0.39 is 5.97 Å². The van der Waals surface area contributed by atoms with Gasteiger partial charge in [0.1, 0.15) is 5.82 Å². The fourth-order valence-corrected chi connectivity index (χ4v) is 1.47. The Morgan fingerprint density at radius 1 is 1.50 bits per heavy atom. The van der Waals surface area contributed by atoms with Gasteiger partial charge in [0.05, 0.1) is 6.54 Å². The Hall–Kier alpha value is -1.36. The average Bonchev–Trinajstić information content (AvgIpc) is 2.62. The normalized spacial score (nSPS) is 10.6. The minimum Gasteiger partial charge on any atom is -0.481 e. The molecule has 16 heavy (non-hydrogen) atoms. The minimum atomic E-state index is -0.707. The number of nitrogens with one attached hydrogen (secondary N) is 1. The summed E-state index contributed by atoms with van der Waals surface area (Å²) in [5.74, 6) is 0.312. The number of aliphatic carboxylic acids is 1. The van der Waals surface area contributed by atoms with Crippen LogP contribution in [0.15, 0.2) is 12.4 Å². The van der Waals surface area contributed by atoms with Gasteiger partial charge in [0.15, 0.2) is 0 Å². The number of nitrogens with zero attached hydrogens (tertiary/aromatic N) is 2. The summed E-state index contributed by atoms with van der Waals surface area (Å²) in [6.45, 7) is 1.68. The highest BCUT2D eigenvalue weighted by Crippen LogP contribution is 1.99. The van der Waals surface area contributed by atoms with Crippen molar-refractivity contribution in [3.05, 3.63) is 18.2 Å². The predicted molar refractivity (Wildman–Crippen MR) is 61.0 cm³/mol. The molecule has 90 valence electrons. The van der Waals surface area contributed by atoms with E-state index in [9.17, 15) is 4.79 Å². The second kappa shape index (κ2) is 7.00. The van der Waals surface area contributed by atoms with Crippen LogP contribution in [0.5, 0.6) is 0 Å². The highest BCUT2D eigenvalue weighted by molar-refractivity contribution is 5.66. The van der Waals surface area contributed by atoms with Crippen molar-refractivity contribution in [2.24, 2.45) is 7.05 Å². The molecule has 0 fully saturated rings. The molecule has 0 aliphatic carbocycles. The second-order valence-corrected chi connectivity index (χ2v) is 3.84. The standard InChI is InChI=1S/C11H19N3O2/c1-14-8-7-13-10(14)9-12-6-4-2-3-5-11(15)16/h7-8,12H,2-6,9H2,1H3,(H,15,16). The summed E-state index contributed by atoms with van der Waals surface area (Å²) < 4.78 is 1.98. The van der Waals surface area contributed by atoms with Gasteiger partial charge in [0.2, 0.25) is 0 Å². The van der Waals surface area contributed by atoms with E-state index in [4.69, 9.17) is 5.11 Å². The van der Waals surface area contributed by atoms with Crippen molar-refractivity contribution in [3.63, 3.8) is 0 Å². The molecule has 0 aliphatic heterocycles. The summed E-state index contributed by atoms with van der Waals surface area (Å²) in [5, 5.41) is 11.7. The minimum absolute atomic E-state index is 0.277. The van der Waals surface area contributed by atoms with E-state index in [1.165, 1.54) is 0 Å². The molecule has 0 spiro atoms. The highest BCUT2D eigenvalue weighted by atomic mass is 16.4. The van der Waals surface area contributed by atoms with E-state index >= 15 is 0 Å². The number of hydrogen-bond donors (Lipinski definition) is 2. The number of carbonyl (C=O) groups is 1. The Morgan fingerprint density at radius 2 is 2.31 bits per heavy atom. The molecule has 2 N–H and O–H groups in total. The Labute approximate surface area is 95.5 Å². The van der Waals surface area contributed by atoms with E-state index in [2.05, 4.69) is 10.3 Å². The van der Waals surface area contributed by atoms with Gasteiger partial charge in [-0.3, -0.25) is 4.79 Å². The third-order valence-electron chi connectivity index (χ3n) is 2.45. The molecular formula is C11H19N3O2. The number of carboxylic acid groups (broad SMARTS) is 1.